The summed E-state index contributed by atoms with van der Waals surface area (Å²) in [6, 6.07) is 15.1. The second kappa shape index (κ2) is 8.06. The average Bonchev–Trinajstić information content (AvgIpc) is 2.68. The topological polar surface area (TPSA) is 59.0 Å². The van der Waals surface area contributed by atoms with E-state index in [1.165, 1.54) is 6.08 Å². The molecule has 3 rings (SSSR count). The molecule has 26 heavy (non-hydrogen) atoms. The van der Waals surface area contributed by atoms with Gasteiger partial charge in [0, 0.05) is 17.7 Å². The first-order chi connectivity index (χ1) is 12.6. The molecule has 2 atom stereocenters. The first-order valence-electron chi connectivity index (χ1n) is 8.54. The van der Waals surface area contributed by atoms with Gasteiger partial charge < -0.3 is 19.5 Å². The Labute approximate surface area is 153 Å². The maximum atomic E-state index is 12.5. The number of carbonyl (C=O) groups is 1. The molecule has 2 aromatic rings. The van der Waals surface area contributed by atoms with Crippen LogP contribution in [0, 0.1) is 0 Å². The van der Waals surface area contributed by atoms with Crippen molar-refractivity contribution in [1.82, 2.24) is 4.90 Å². The maximum Gasteiger partial charge on any atom is 0.246 e. The lowest BCUT2D eigenvalue weighted by atomic mass is 9.96. The standard InChI is InChI=1S/C21H23NO4/c1-25-17-9-8-16(20(13-17)26-2)14-22-18(19(23)10-11-21(22)24)12-15-6-4-3-5-7-15/h3-11,13,18-19,23H,12,14H2,1-2H3/t18-,19-/m0/s1. The van der Waals surface area contributed by atoms with E-state index in [-0.39, 0.29) is 11.9 Å². The summed E-state index contributed by atoms with van der Waals surface area (Å²) in [5.74, 6) is 1.23. The quantitative estimate of drug-likeness (QED) is 0.867. The van der Waals surface area contributed by atoms with Crippen molar-refractivity contribution in [2.75, 3.05) is 14.2 Å². The Morgan fingerprint density at radius 2 is 1.85 bits per heavy atom. The summed E-state index contributed by atoms with van der Waals surface area (Å²) < 4.78 is 10.7. The van der Waals surface area contributed by atoms with Crippen molar-refractivity contribution < 1.29 is 19.4 Å². The third kappa shape index (κ3) is 3.89. The summed E-state index contributed by atoms with van der Waals surface area (Å²) in [5.41, 5.74) is 1.94. The molecule has 0 unspecified atom stereocenters. The Bertz CT molecular complexity index is 788. The van der Waals surface area contributed by atoms with Crippen LogP contribution < -0.4 is 9.47 Å². The third-order valence-corrected chi connectivity index (χ3v) is 4.64. The summed E-state index contributed by atoms with van der Waals surface area (Å²) in [6.45, 7) is 0.352. The van der Waals surface area contributed by atoms with Crippen LogP contribution in [0.25, 0.3) is 0 Å². The van der Waals surface area contributed by atoms with Crippen LogP contribution in [-0.2, 0) is 17.8 Å². The van der Waals surface area contributed by atoms with E-state index in [0.29, 0.717) is 24.5 Å². The van der Waals surface area contributed by atoms with Crippen LogP contribution in [0.4, 0.5) is 0 Å². The van der Waals surface area contributed by atoms with E-state index in [9.17, 15) is 9.90 Å². The average molecular weight is 353 g/mol. The van der Waals surface area contributed by atoms with Gasteiger partial charge in [-0.05, 0) is 30.2 Å². The number of amides is 1. The fourth-order valence-corrected chi connectivity index (χ4v) is 3.20. The molecule has 0 fully saturated rings. The lowest BCUT2D eigenvalue weighted by Gasteiger charge is -2.36. The van der Waals surface area contributed by atoms with Gasteiger partial charge in [0.15, 0.2) is 0 Å². The van der Waals surface area contributed by atoms with E-state index in [2.05, 4.69) is 0 Å². The van der Waals surface area contributed by atoms with Gasteiger partial charge in [-0.1, -0.05) is 30.3 Å². The van der Waals surface area contributed by atoms with Crippen molar-refractivity contribution in [2.45, 2.75) is 25.1 Å². The summed E-state index contributed by atoms with van der Waals surface area (Å²) in [7, 11) is 3.19. The molecule has 0 aliphatic carbocycles. The Morgan fingerprint density at radius 3 is 2.54 bits per heavy atom. The van der Waals surface area contributed by atoms with Gasteiger partial charge in [0.05, 0.1) is 32.9 Å². The zero-order valence-electron chi connectivity index (χ0n) is 15.0. The number of hydrogen-bond donors (Lipinski definition) is 1. The molecule has 2 aromatic carbocycles. The molecule has 5 heteroatoms. The Kier molecular flexibility index (Phi) is 5.58. The molecule has 0 bridgehead atoms. The minimum atomic E-state index is -0.711. The molecule has 1 N–H and O–H groups in total. The highest BCUT2D eigenvalue weighted by Crippen LogP contribution is 2.28. The van der Waals surface area contributed by atoms with Crippen LogP contribution in [0.3, 0.4) is 0 Å². The number of nitrogens with zero attached hydrogens (tertiary/aromatic N) is 1. The second-order valence-corrected chi connectivity index (χ2v) is 6.25. The Morgan fingerprint density at radius 1 is 1.08 bits per heavy atom. The summed E-state index contributed by atoms with van der Waals surface area (Å²) in [5, 5.41) is 10.5. The maximum absolute atomic E-state index is 12.5. The van der Waals surface area contributed by atoms with Crippen LogP contribution in [0.2, 0.25) is 0 Å². The Hall–Kier alpha value is -2.79. The Balaban J connectivity index is 1.87. The smallest absolute Gasteiger partial charge is 0.246 e. The molecular weight excluding hydrogens is 330 g/mol. The molecule has 0 saturated heterocycles. The summed E-state index contributed by atoms with van der Waals surface area (Å²) >= 11 is 0. The van der Waals surface area contributed by atoms with Crippen molar-refractivity contribution in [3.8, 4) is 11.5 Å². The fourth-order valence-electron chi connectivity index (χ4n) is 3.20. The highest BCUT2D eigenvalue weighted by atomic mass is 16.5. The van der Waals surface area contributed by atoms with Crippen molar-refractivity contribution in [3.63, 3.8) is 0 Å². The number of rotatable bonds is 6. The van der Waals surface area contributed by atoms with E-state index >= 15 is 0 Å². The molecule has 1 heterocycles. The first-order valence-corrected chi connectivity index (χ1v) is 8.54. The van der Waals surface area contributed by atoms with E-state index < -0.39 is 6.10 Å². The molecule has 5 nitrogen and oxygen atoms in total. The van der Waals surface area contributed by atoms with E-state index in [1.54, 1.807) is 31.3 Å². The number of benzene rings is 2. The van der Waals surface area contributed by atoms with Crippen LogP contribution in [-0.4, -0.2) is 42.3 Å². The number of methoxy groups -OCH3 is 2. The van der Waals surface area contributed by atoms with Crippen molar-refractivity contribution in [1.29, 1.82) is 0 Å². The molecule has 0 spiro atoms. The first kappa shape index (κ1) is 18.0. The number of aliphatic hydroxyl groups excluding tert-OH is 1. The van der Waals surface area contributed by atoms with Gasteiger partial charge in [-0.15, -0.1) is 0 Å². The van der Waals surface area contributed by atoms with Gasteiger partial charge in [-0.2, -0.15) is 0 Å². The van der Waals surface area contributed by atoms with Gasteiger partial charge >= 0.3 is 0 Å². The second-order valence-electron chi connectivity index (χ2n) is 6.25. The molecule has 1 amide bonds. The molecule has 1 aliphatic heterocycles. The summed E-state index contributed by atoms with van der Waals surface area (Å²) in [4.78, 5) is 14.2. The lowest BCUT2D eigenvalue weighted by Crippen LogP contribution is -2.49. The van der Waals surface area contributed by atoms with Crippen LogP contribution in [0.15, 0.2) is 60.7 Å². The highest BCUT2D eigenvalue weighted by molar-refractivity contribution is 5.89. The van der Waals surface area contributed by atoms with Gasteiger partial charge in [0.25, 0.3) is 0 Å². The van der Waals surface area contributed by atoms with Crippen molar-refractivity contribution in [3.05, 3.63) is 71.8 Å². The van der Waals surface area contributed by atoms with Crippen molar-refractivity contribution in [2.24, 2.45) is 0 Å². The summed E-state index contributed by atoms with van der Waals surface area (Å²) in [6.07, 6.45) is 2.87. The van der Waals surface area contributed by atoms with Gasteiger partial charge in [0.1, 0.15) is 11.5 Å². The number of aliphatic hydroxyl groups is 1. The number of carbonyl (C=O) groups excluding carboxylic acids is 1. The normalized spacial score (nSPS) is 19.5. The third-order valence-electron chi connectivity index (χ3n) is 4.64. The molecule has 0 saturated carbocycles. The minimum Gasteiger partial charge on any atom is -0.497 e. The lowest BCUT2D eigenvalue weighted by molar-refractivity contribution is -0.132. The van der Waals surface area contributed by atoms with E-state index in [0.717, 1.165) is 11.1 Å². The zero-order valence-corrected chi connectivity index (χ0v) is 15.0. The molecule has 0 aromatic heterocycles. The molecule has 136 valence electrons. The predicted molar refractivity (Wildman–Crippen MR) is 99.2 cm³/mol. The number of ether oxygens (including phenoxy) is 2. The molecular formula is C21H23NO4. The number of hydrogen-bond acceptors (Lipinski definition) is 4. The SMILES string of the molecule is COc1ccc(CN2C(=O)C=C[C@H](O)[C@@H]2Cc2ccccc2)c(OC)c1. The fraction of sp³-hybridized carbons (Fsp3) is 0.286. The van der Waals surface area contributed by atoms with E-state index in [1.807, 2.05) is 42.5 Å². The van der Waals surface area contributed by atoms with Gasteiger partial charge in [-0.3, -0.25) is 4.79 Å². The largest absolute Gasteiger partial charge is 0.497 e. The van der Waals surface area contributed by atoms with Gasteiger partial charge in [0.2, 0.25) is 5.91 Å². The minimum absolute atomic E-state index is 0.117. The molecule has 1 aliphatic rings. The monoisotopic (exact) mass is 353 g/mol. The predicted octanol–water partition coefficient (Wildman–Crippen LogP) is 2.57. The van der Waals surface area contributed by atoms with Crippen LogP contribution in [0.1, 0.15) is 11.1 Å². The van der Waals surface area contributed by atoms with Gasteiger partial charge in [-0.25, -0.2) is 0 Å². The zero-order chi connectivity index (χ0) is 18.5. The van der Waals surface area contributed by atoms with Crippen molar-refractivity contribution >= 4 is 5.91 Å². The van der Waals surface area contributed by atoms with E-state index in [4.69, 9.17) is 9.47 Å². The van der Waals surface area contributed by atoms with Crippen LogP contribution in [0.5, 0.6) is 11.5 Å². The molecule has 0 radical (unpaired) electrons. The highest BCUT2D eigenvalue weighted by Gasteiger charge is 2.32. The van der Waals surface area contributed by atoms with Crippen LogP contribution >= 0.6 is 0 Å².